The number of benzene rings is 1. The van der Waals surface area contributed by atoms with E-state index in [0.717, 1.165) is 31.1 Å². The molecule has 8 heteroatoms. The third-order valence-electron chi connectivity index (χ3n) is 5.68. The first-order valence-electron chi connectivity index (χ1n) is 10.3. The molecular formula is C22H31N3O5. The van der Waals surface area contributed by atoms with Crippen molar-refractivity contribution in [1.29, 1.82) is 0 Å². The summed E-state index contributed by atoms with van der Waals surface area (Å²) >= 11 is 0. The number of carboxylic acids is 2. The largest absolute Gasteiger partial charge is 0.478 e. The second-order valence-electron chi connectivity index (χ2n) is 7.78. The Balaban J connectivity index is 0.000000343. The maximum atomic E-state index is 12.6. The number of anilines is 1. The van der Waals surface area contributed by atoms with E-state index in [1.165, 1.54) is 32.1 Å². The number of carbonyl (C=O) groups is 3. The maximum Gasteiger partial charge on any atom is 0.328 e. The predicted octanol–water partition coefficient (Wildman–Crippen LogP) is 2.46. The number of nitrogen functional groups attached to an aromatic ring is 1. The normalized spacial score (nSPS) is 19.8. The van der Waals surface area contributed by atoms with Crippen LogP contribution in [0.15, 0.2) is 36.4 Å². The van der Waals surface area contributed by atoms with Crippen LogP contribution in [0.2, 0.25) is 0 Å². The van der Waals surface area contributed by atoms with Crippen molar-refractivity contribution in [1.82, 2.24) is 9.80 Å². The van der Waals surface area contributed by atoms with E-state index in [1.807, 2.05) is 24.1 Å². The Hall–Kier alpha value is -2.87. The molecule has 164 valence electrons. The zero-order chi connectivity index (χ0) is 22.1. The summed E-state index contributed by atoms with van der Waals surface area (Å²) in [5.41, 5.74) is 7.12. The second-order valence-corrected chi connectivity index (χ2v) is 7.78. The van der Waals surface area contributed by atoms with E-state index < -0.39 is 11.9 Å². The lowest BCUT2D eigenvalue weighted by molar-refractivity contribution is -0.134. The molecule has 1 heterocycles. The highest BCUT2D eigenvalue weighted by atomic mass is 16.4. The summed E-state index contributed by atoms with van der Waals surface area (Å²) in [4.78, 5) is 36.2. The molecular weight excluding hydrogens is 386 g/mol. The van der Waals surface area contributed by atoms with Crippen LogP contribution in [-0.4, -0.2) is 70.1 Å². The Morgan fingerprint density at radius 2 is 1.57 bits per heavy atom. The van der Waals surface area contributed by atoms with Gasteiger partial charge in [-0.1, -0.05) is 19.3 Å². The number of hydrogen-bond donors (Lipinski definition) is 3. The van der Waals surface area contributed by atoms with Crippen LogP contribution in [0, 0.1) is 0 Å². The highest BCUT2D eigenvalue weighted by molar-refractivity contribution is 5.94. The Labute approximate surface area is 177 Å². The van der Waals surface area contributed by atoms with Crippen LogP contribution >= 0.6 is 0 Å². The number of nitrogens with two attached hydrogens (primary N) is 1. The number of amides is 1. The minimum absolute atomic E-state index is 0.107. The lowest BCUT2D eigenvalue weighted by Crippen LogP contribution is -2.41. The molecule has 1 aliphatic carbocycles. The summed E-state index contributed by atoms with van der Waals surface area (Å²) in [6.07, 6.45) is 9.00. The molecule has 1 unspecified atom stereocenters. The van der Waals surface area contributed by atoms with Gasteiger partial charge in [0, 0.05) is 55.6 Å². The van der Waals surface area contributed by atoms with E-state index in [2.05, 4.69) is 4.90 Å². The lowest BCUT2D eigenvalue weighted by atomic mass is 9.94. The Morgan fingerprint density at radius 3 is 2.10 bits per heavy atom. The lowest BCUT2D eigenvalue weighted by Gasteiger charge is -2.32. The smallest absolute Gasteiger partial charge is 0.328 e. The molecule has 2 fully saturated rings. The Bertz CT molecular complexity index is 741. The summed E-state index contributed by atoms with van der Waals surface area (Å²) < 4.78 is 0. The summed E-state index contributed by atoms with van der Waals surface area (Å²) in [7, 11) is 1.94. The molecule has 1 saturated carbocycles. The van der Waals surface area contributed by atoms with Crippen molar-refractivity contribution in [3.05, 3.63) is 42.0 Å². The van der Waals surface area contributed by atoms with Crippen LogP contribution in [0.3, 0.4) is 0 Å². The van der Waals surface area contributed by atoms with Crippen molar-refractivity contribution in [2.24, 2.45) is 0 Å². The zero-order valence-electron chi connectivity index (χ0n) is 17.4. The number of rotatable bonds is 5. The van der Waals surface area contributed by atoms with E-state index >= 15 is 0 Å². The molecule has 2 aliphatic rings. The number of nitrogens with zero attached hydrogens (tertiary/aromatic N) is 2. The molecule has 1 aliphatic heterocycles. The minimum atomic E-state index is -1.26. The first-order valence-corrected chi connectivity index (χ1v) is 10.3. The van der Waals surface area contributed by atoms with Crippen molar-refractivity contribution in [3.8, 4) is 0 Å². The van der Waals surface area contributed by atoms with Crippen molar-refractivity contribution >= 4 is 23.5 Å². The fraction of sp³-hybridized carbons (Fsp3) is 0.500. The molecule has 1 atom stereocenters. The third kappa shape index (κ3) is 7.18. The third-order valence-corrected chi connectivity index (χ3v) is 5.68. The first-order chi connectivity index (χ1) is 14.3. The molecule has 4 N–H and O–H groups in total. The molecule has 8 nitrogen and oxygen atoms in total. The van der Waals surface area contributed by atoms with E-state index in [0.29, 0.717) is 23.9 Å². The van der Waals surface area contributed by atoms with E-state index in [1.54, 1.807) is 12.1 Å². The van der Waals surface area contributed by atoms with Crippen LogP contribution < -0.4 is 5.73 Å². The van der Waals surface area contributed by atoms with Gasteiger partial charge in [-0.05, 0) is 43.5 Å². The molecule has 0 spiro atoms. The highest BCUT2D eigenvalue weighted by Crippen LogP contribution is 2.27. The molecule has 1 saturated heterocycles. The molecule has 1 aromatic carbocycles. The average molecular weight is 418 g/mol. The molecule has 0 aromatic heterocycles. The molecule has 1 aromatic rings. The monoisotopic (exact) mass is 417 g/mol. The van der Waals surface area contributed by atoms with E-state index in [-0.39, 0.29) is 5.91 Å². The van der Waals surface area contributed by atoms with Gasteiger partial charge in [0.15, 0.2) is 0 Å². The van der Waals surface area contributed by atoms with Gasteiger partial charge in [0.1, 0.15) is 0 Å². The quantitative estimate of drug-likeness (QED) is 0.496. The zero-order valence-corrected chi connectivity index (χ0v) is 17.4. The summed E-state index contributed by atoms with van der Waals surface area (Å²) in [6, 6.07) is 8.32. The Morgan fingerprint density at radius 1 is 1.00 bits per heavy atom. The van der Waals surface area contributed by atoms with Gasteiger partial charge in [0.2, 0.25) is 0 Å². The van der Waals surface area contributed by atoms with Crippen LogP contribution in [0.1, 0.15) is 48.9 Å². The number of carboxylic acid groups (broad SMARTS) is 2. The molecule has 30 heavy (non-hydrogen) atoms. The van der Waals surface area contributed by atoms with E-state index in [9.17, 15) is 14.4 Å². The van der Waals surface area contributed by atoms with Crippen molar-refractivity contribution in [3.63, 3.8) is 0 Å². The molecule has 0 radical (unpaired) electrons. The highest BCUT2D eigenvalue weighted by Gasteiger charge is 2.32. The number of likely N-dealkylation sites (tertiary alicyclic amines) is 1. The van der Waals surface area contributed by atoms with Crippen LogP contribution in [-0.2, 0) is 9.59 Å². The van der Waals surface area contributed by atoms with Gasteiger partial charge in [-0.2, -0.15) is 0 Å². The number of aliphatic carboxylic acids is 2. The van der Waals surface area contributed by atoms with Gasteiger partial charge >= 0.3 is 11.9 Å². The number of likely N-dealkylation sites (N-methyl/N-ethyl adjacent to an activating group) is 1. The van der Waals surface area contributed by atoms with Gasteiger partial charge in [0.25, 0.3) is 5.91 Å². The summed E-state index contributed by atoms with van der Waals surface area (Å²) in [5, 5.41) is 15.6. The molecule has 1 amide bonds. The first kappa shape index (κ1) is 23.4. The number of hydrogen-bond acceptors (Lipinski definition) is 5. The van der Waals surface area contributed by atoms with Gasteiger partial charge in [-0.3, -0.25) is 9.69 Å². The standard InChI is InChI=1S/C18H27N3O.C4H4O4/c1-20(18(22)14-7-9-15(19)10-8-14)17-11-12-21(13-17)16-5-3-2-4-6-16;5-3(6)1-2-4(7)8/h7-10,16-17H,2-6,11-13,19H2,1H3;1-2H,(H,5,6)(H,7,8)/b;2-1-. The van der Waals surface area contributed by atoms with E-state index in [4.69, 9.17) is 15.9 Å². The van der Waals surface area contributed by atoms with Gasteiger partial charge in [-0.25, -0.2) is 9.59 Å². The van der Waals surface area contributed by atoms with Gasteiger partial charge in [0.05, 0.1) is 0 Å². The fourth-order valence-electron chi connectivity index (χ4n) is 4.00. The van der Waals surface area contributed by atoms with Crippen molar-refractivity contribution in [2.45, 2.75) is 50.6 Å². The second kappa shape index (κ2) is 11.3. The summed E-state index contributed by atoms with van der Waals surface area (Å²) in [6.45, 7) is 2.16. The minimum Gasteiger partial charge on any atom is -0.478 e. The van der Waals surface area contributed by atoms with Crippen molar-refractivity contribution < 1.29 is 24.6 Å². The van der Waals surface area contributed by atoms with Gasteiger partial charge < -0.3 is 20.8 Å². The fourth-order valence-corrected chi connectivity index (χ4v) is 4.00. The maximum absolute atomic E-state index is 12.6. The van der Waals surface area contributed by atoms with Crippen molar-refractivity contribution in [2.75, 3.05) is 25.9 Å². The summed E-state index contributed by atoms with van der Waals surface area (Å²) in [5.74, 6) is -2.41. The predicted molar refractivity (Wildman–Crippen MR) is 114 cm³/mol. The Kier molecular flexibility index (Phi) is 8.86. The number of carbonyl (C=O) groups excluding carboxylic acids is 1. The topological polar surface area (TPSA) is 124 Å². The SMILES string of the molecule is CN(C(=O)c1ccc(N)cc1)C1CCN(C2CCCCC2)C1.O=C(O)/C=C\C(=O)O. The molecule has 0 bridgehead atoms. The van der Waals surface area contributed by atoms with Crippen LogP contribution in [0.25, 0.3) is 0 Å². The average Bonchev–Trinajstić information content (AvgIpc) is 3.23. The van der Waals surface area contributed by atoms with Gasteiger partial charge in [-0.15, -0.1) is 0 Å². The van der Waals surface area contributed by atoms with Crippen LogP contribution in [0.4, 0.5) is 5.69 Å². The molecule has 3 rings (SSSR count). The van der Waals surface area contributed by atoms with Crippen LogP contribution in [0.5, 0.6) is 0 Å².